The lowest BCUT2D eigenvalue weighted by atomic mass is 9.99. The van der Waals surface area contributed by atoms with Crippen molar-refractivity contribution in [1.29, 1.82) is 0 Å². The van der Waals surface area contributed by atoms with Crippen molar-refractivity contribution >= 4 is 23.3 Å². The summed E-state index contributed by atoms with van der Waals surface area (Å²) in [6.07, 6.45) is 4.99. The number of nitrogens with zero attached hydrogens (tertiary/aromatic N) is 5. The Bertz CT molecular complexity index is 1010. The van der Waals surface area contributed by atoms with Gasteiger partial charge in [-0.05, 0) is 44.2 Å². The second-order valence-corrected chi connectivity index (χ2v) is 9.26. The van der Waals surface area contributed by atoms with Crippen molar-refractivity contribution in [3.8, 4) is 0 Å². The van der Waals surface area contributed by atoms with E-state index < -0.39 is 0 Å². The molecule has 0 saturated carbocycles. The number of amides is 2. The number of likely N-dealkylation sites (tertiary alicyclic amines) is 1. The van der Waals surface area contributed by atoms with Crippen molar-refractivity contribution in [3.05, 3.63) is 47.4 Å². The number of carbonyl (C=O) groups is 2. The Hall–Kier alpha value is -3.16. The highest BCUT2D eigenvalue weighted by Gasteiger charge is 2.32. The van der Waals surface area contributed by atoms with Gasteiger partial charge in [0.1, 0.15) is 5.82 Å². The van der Waals surface area contributed by atoms with Crippen LogP contribution in [0.15, 0.2) is 30.3 Å². The van der Waals surface area contributed by atoms with Crippen LogP contribution in [0.1, 0.15) is 62.2 Å². The molecule has 1 aromatic heterocycles. The van der Waals surface area contributed by atoms with E-state index in [2.05, 4.69) is 29.4 Å². The highest BCUT2D eigenvalue weighted by molar-refractivity contribution is 5.77. The highest BCUT2D eigenvalue weighted by atomic mass is 16.2. The highest BCUT2D eigenvalue weighted by Crippen LogP contribution is 2.33. The van der Waals surface area contributed by atoms with Crippen molar-refractivity contribution < 1.29 is 9.59 Å². The molecule has 1 atom stereocenters. The molecule has 0 spiro atoms. The molecular weight excluding hydrogens is 428 g/mol. The SMILES string of the molecule is CNc1nc(C2CCCCN2C(=O)CCCN(C)c2ccccc2)nc2c1CCN(C(C)=O)C2. The minimum atomic E-state index is -0.113. The lowest BCUT2D eigenvalue weighted by Crippen LogP contribution is -2.40. The maximum Gasteiger partial charge on any atom is 0.223 e. The fourth-order valence-electron chi connectivity index (χ4n) is 5.00. The van der Waals surface area contributed by atoms with Gasteiger partial charge in [0.2, 0.25) is 11.8 Å². The first-order chi connectivity index (χ1) is 16.5. The van der Waals surface area contributed by atoms with Crippen LogP contribution < -0.4 is 10.2 Å². The molecule has 2 aliphatic rings. The Balaban J connectivity index is 1.46. The summed E-state index contributed by atoms with van der Waals surface area (Å²) < 4.78 is 0. The number of piperidine rings is 1. The van der Waals surface area contributed by atoms with Crippen LogP contribution in [-0.4, -0.2) is 65.3 Å². The van der Waals surface area contributed by atoms with Crippen LogP contribution in [0.2, 0.25) is 0 Å². The van der Waals surface area contributed by atoms with Crippen LogP contribution in [-0.2, 0) is 22.6 Å². The summed E-state index contributed by atoms with van der Waals surface area (Å²) in [6.45, 7) is 4.36. The molecule has 1 fully saturated rings. The van der Waals surface area contributed by atoms with Gasteiger partial charge in [0.25, 0.3) is 0 Å². The molecule has 0 bridgehead atoms. The number of benzene rings is 1. The molecular formula is C26H36N6O2. The molecule has 1 N–H and O–H groups in total. The largest absolute Gasteiger partial charge is 0.375 e. The van der Waals surface area contributed by atoms with Crippen molar-refractivity contribution in [1.82, 2.24) is 19.8 Å². The molecule has 34 heavy (non-hydrogen) atoms. The van der Waals surface area contributed by atoms with E-state index >= 15 is 0 Å². The predicted octanol–water partition coefficient (Wildman–Crippen LogP) is 3.39. The van der Waals surface area contributed by atoms with E-state index in [0.717, 1.165) is 68.0 Å². The summed E-state index contributed by atoms with van der Waals surface area (Å²) in [5.41, 5.74) is 3.15. The predicted molar refractivity (Wildman–Crippen MR) is 134 cm³/mol. The van der Waals surface area contributed by atoms with Crippen molar-refractivity contribution in [3.63, 3.8) is 0 Å². The molecule has 0 radical (unpaired) electrons. The fourth-order valence-corrected chi connectivity index (χ4v) is 5.00. The van der Waals surface area contributed by atoms with Crippen LogP contribution in [0.25, 0.3) is 0 Å². The summed E-state index contributed by atoms with van der Waals surface area (Å²) in [4.78, 5) is 41.0. The topological polar surface area (TPSA) is 81.7 Å². The maximum absolute atomic E-state index is 13.3. The first-order valence-corrected chi connectivity index (χ1v) is 12.4. The number of para-hydroxylation sites is 1. The van der Waals surface area contributed by atoms with Gasteiger partial charge in [-0.1, -0.05) is 18.2 Å². The molecule has 0 aliphatic carbocycles. The Labute approximate surface area is 202 Å². The number of fused-ring (bicyclic) bond motifs is 1. The van der Waals surface area contributed by atoms with Gasteiger partial charge in [0, 0.05) is 58.3 Å². The van der Waals surface area contributed by atoms with E-state index in [1.807, 2.05) is 35.0 Å². The van der Waals surface area contributed by atoms with Crippen LogP contribution in [0, 0.1) is 0 Å². The number of nitrogens with one attached hydrogen (secondary N) is 1. The smallest absolute Gasteiger partial charge is 0.223 e. The third-order valence-electron chi connectivity index (χ3n) is 6.97. The van der Waals surface area contributed by atoms with Gasteiger partial charge in [-0.2, -0.15) is 0 Å². The quantitative estimate of drug-likeness (QED) is 0.676. The van der Waals surface area contributed by atoms with Gasteiger partial charge in [0.15, 0.2) is 5.82 Å². The summed E-state index contributed by atoms with van der Waals surface area (Å²) in [7, 11) is 3.94. The average molecular weight is 465 g/mol. The van der Waals surface area contributed by atoms with Crippen LogP contribution in [0.5, 0.6) is 0 Å². The molecule has 1 saturated heterocycles. The van der Waals surface area contributed by atoms with Crippen molar-refractivity contribution in [2.45, 2.75) is 58.0 Å². The lowest BCUT2D eigenvalue weighted by Gasteiger charge is -2.36. The maximum atomic E-state index is 13.3. The number of rotatable bonds is 7. The molecule has 182 valence electrons. The first-order valence-electron chi connectivity index (χ1n) is 12.4. The zero-order valence-corrected chi connectivity index (χ0v) is 20.6. The Morgan fingerprint density at radius 1 is 1.15 bits per heavy atom. The molecule has 1 unspecified atom stereocenters. The molecule has 2 aromatic rings. The molecule has 2 amide bonds. The van der Waals surface area contributed by atoms with Crippen molar-refractivity contribution in [2.75, 3.05) is 43.9 Å². The third-order valence-corrected chi connectivity index (χ3v) is 6.97. The van der Waals surface area contributed by atoms with Crippen molar-refractivity contribution in [2.24, 2.45) is 0 Å². The third kappa shape index (κ3) is 5.32. The lowest BCUT2D eigenvalue weighted by molar-refractivity contribution is -0.135. The van der Waals surface area contributed by atoms with E-state index in [9.17, 15) is 9.59 Å². The summed E-state index contributed by atoms with van der Waals surface area (Å²) in [6, 6.07) is 10.1. The molecule has 8 heteroatoms. The van der Waals surface area contributed by atoms with E-state index in [-0.39, 0.29) is 17.9 Å². The molecule has 3 heterocycles. The van der Waals surface area contributed by atoms with Gasteiger partial charge in [-0.15, -0.1) is 0 Å². The second-order valence-electron chi connectivity index (χ2n) is 9.26. The Morgan fingerprint density at radius 2 is 1.94 bits per heavy atom. The summed E-state index contributed by atoms with van der Waals surface area (Å²) in [5.74, 6) is 1.75. The standard InChI is InChI=1S/C26H36N6O2/c1-19(33)31-17-14-21-22(18-31)28-26(29-25(21)27-2)23-12-7-8-16-32(23)24(34)13-9-15-30(3)20-10-5-4-6-11-20/h4-6,10-11,23H,7-9,12-18H2,1-3H3,(H,27,28,29). The Morgan fingerprint density at radius 3 is 2.68 bits per heavy atom. The summed E-state index contributed by atoms with van der Waals surface area (Å²) in [5, 5.41) is 3.22. The molecule has 2 aliphatic heterocycles. The number of anilines is 2. The van der Waals surface area contributed by atoms with E-state index in [1.54, 1.807) is 6.92 Å². The zero-order valence-electron chi connectivity index (χ0n) is 20.6. The number of hydrogen-bond donors (Lipinski definition) is 1. The van der Waals surface area contributed by atoms with Gasteiger partial charge in [0.05, 0.1) is 18.3 Å². The molecule has 1 aromatic carbocycles. The second kappa shape index (κ2) is 10.8. The van der Waals surface area contributed by atoms with Gasteiger partial charge in [-0.25, -0.2) is 9.97 Å². The number of hydrogen-bond acceptors (Lipinski definition) is 6. The zero-order chi connectivity index (χ0) is 24.1. The van der Waals surface area contributed by atoms with E-state index in [1.165, 1.54) is 0 Å². The van der Waals surface area contributed by atoms with E-state index in [4.69, 9.17) is 9.97 Å². The van der Waals surface area contributed by atoms with Crippen LogP contribution >= 0.6 is 0 Å². The van der Waals surface area contributed by atoms with Gasteiger partial charge in [-0.3, -0.25) is 9.59 Å². The fraction of sp³-hybridized carbons (Fsp3) is 0.538. The molecule has 8 nitrogen and oxygen atoms in total. The minimum absolute atomic E-state index is 0.0618. The van der Waals surface area contributed by atoms with Gasteiger partial charge < -0.3 is 20.0 Å². The van der Waals surface area contributed by atoms with Crippen LogP contribution in [0.4, 0.5) is 11.5 Å². The first kappa shape index (κ1) is 24.0. The normalized spacial score (nSPS) is 17.8. The molecule has 4 rings (SSSR count). The average Bonchev–Trinajstić information content (AvgIpc) is 2.87. The van der Waals surface area contributed by atoms with Crippen LogP contribution in [0.3, 0.4) is 0 Å². The number of carbonyl (C=O) groups excluding carboxylic acids is 2. The monoisotopic (exact) mass is 464 g/mol. The Kier molecular flexibility index (Phi) is 7.65. The number of aromatic nitrogens is 2. The van der Waals surface area contributed by atoms with E-state index in [0.29, 0.717) is 25.3 Å². The minimum Gasteiger partial charge on any atom is -0.375 e. The van der Waals surface area contributed by atoms with Gasteiger partial charge >= 0.3 is 0 Å². The summed E-state index contributed by atoms with van der Waals surface area (Å²) >= 11 is 0.